The smallest absolute Gasteiger partial charge is 0.0782 e. The van der Waals surface area contributed by atoms with Crippen LogP contribution in [0.2, 0.25) is 0 Å². The predicted octanol–water partition coefficient (Wildman–Crippen LogP) is 2.54. The van der Waals surface area contributed by atoms with Crippen LogP contribution in [-0.4, -0.2) is 14.9 Å². The number of aliphatic hydroxyl groups is 1. The average Bonchev–Trinajstić information content (AvgIpc) is 2.57. The van der Waals surface area contributed by atoms with E-state index in [9.17, 15) is 5.11 Å². The lowest BCUT2D eigenvalue weighted by Gasteiger charge is -2.12. The Kier molecular flexibility index (Phi) is 2.79. The van der Waals surface area contributed by atoms with Crippen molar-refractivity contribution in [1.29, 1.82) is 0 Å². The fraction of sp³-hybridized carbons (Fsp3) is 0.308. The van der Waals surface area contributed by atoms with Crippen LogP contribution in [0, 0.1) is 13.8 Å². The standard InChI is InChI=1S/C13H16N2O/c1-9-8-10(2)15(14-9)13-7-5-4-6-12(13)11(3)16/h4-8,11,16H,1-3H3/t11-/m1/s1. The Morgan fingerprint density at radius 2 is 1.94 bits per heavy atom. The van der Waals surface area contributed by atoms with Gasteiger partial charge in [0, 0.05) is 11.3 Å². The van der Waals surface area contributed by atoms with E-state index in [0.717, 1.165) is 22.6 Å². The van der Waals surface area contributed by atoms with E-state index in [1.165, 1.54) is 0 Å². The highest BCUT2D eigenvalue weighted by Gasteiger charge is 2.11. The highest BCUT2D eigenvalue weighted by molar-refractivity contribution is 5.42. The second-order valence-electron chi connectivity index (χ2n) is 4.07. The van der Waals surface area contributed by atoms with Crippen molar-refractivity contribution >= 4 is 0 Å². The SMILES string of the molecule is Cc1cc(C)n(-c2ccccc2[C@@H](C)O)n1. The maximum atomic E-state index is 9.72. The highest BCUT2D eigenvalue weighted by atomic mass is 16.3. The lowest BCUT2D eigenvalue weighted by Crippen LogP contribution is -2.05. The molecule has 0 unspecified atom stereocenters. The molecule has 1 heterocycles. The van der Waals surface area contributed by atoms with Gasteiger partial charge in [-0.15, -0.1) is 0 Å². The third kappa shape index (κ3) is 1.86. The van der Waals surface area contributed by atoms with Crippen molar-refractivity contribution in [2.75, 3.05) is 0 Å². The summed E-state index contributed by atoms with van der Waals surface area (Å²) in [5, 5.41) is 14.2. The Morgan fingerprint density at radius 1 is 1.25 bits per heavy atom. The number of nitrogens with zero attached hydrogens (tertiary/aromatic N) is 2. The summed E-state index contributed by atoms with van der Waals surface area (Å²) in [5.74, 6) is 0. The van der Waals surface area contributed by atoms with Crippen molar-refractivity contribution in [2.24, 2.45) is 0 Å². The number of aliphatic hydroxyl groups excluding tert-OH is 1. The van der Waals surface area contributed by atoms with Gasteiger partial charge in [0.05, 0.1) is 17.5 Å². The normalized spacial score (nSPS) is 12.8. The highest BCUT2D eigenvalue weighted by Crippen LogP contribution is 2.22. The number of benzene rings is 1. The molecule has 0 aliphatic heterocycles. The van der Waals surface area contributed by atoms with Crippen molar-refractivity contribution in [3.63, 3.8) is 0 Å². The summed E-state index contributed by atoms with van der Waals surface area (Å²) in [5.41, 5.74) is 3.90. The van der Waals surface area contributed by atoms with Crippen LogP contribution < -0.4 is 0 Å². The molecule has 16 heavy (non-hydrogen) atoms. The Labute approximate surface area is 95.3 Å². The Hall–Kier alpha value is -1.61. The number of para-hydroxylation sites is 1. The van der Waals surface area contributed by atoms with Crippen LogP contribution in [-0.2, 0) is 0 Å². The minimum absolute atomic E-state index is 0.486. The van der Waals surface area contributed by atoms with E-state index in [1.807, 2.05) is 48.9 Å². The van der Waals surface area contributed by atoms with E-state index in [0.29, 0.717) is 0 Å². The molecule has 1 aromatic carbocycles. The summed E-state index contributed by atoms with van der Waals surface area (Å²) in [6.45, 7) is 5.75. The largest absolute Gasteiger partial charge is 0.389 e. The van der Waals surface area contributed by atoms with E-state index in [-0.39, 0.29) is 0 Å². The number of aryl methyl sites for hydroxylation is 2. The lowest BCUT2D eigenvalue weighted by molar-refractivity contribution is 0.199. The molecule has 3 heteroatoms. The summed E-state index contributed by atoms with van der Waals surface area (Å²) in [6, 6.07) is 9.81. The molecule has 2 rings (SSSR count). The topological polar surface area (TPSA) is 38.0 Å². The first kappa shape index (κ1) is 10.9. The summed E-state index contributed by atoms with van der Waals surface area (Å²) in [7, 11) is 0. The monoisotopic (exact) mass is 216 g/mol. The van der Waals surface area contributed by atoms with Gasteiger partial charge >= 0.3 is 0 Å². The molecule has 1 aromatic heterocycles. The molecule has 1 atom stereocenters. The molecule has 0 saturated carbocycles. The third-order valence-electron chi connectivity index (χ3n) is 2.62. The fourth-order valence-corrected chi connectivity index (χ4v) is 1.91. The number of aromatic nitrogens is 2. The molecule has 3 nitrogen and oxygen atoms in total. The molecule has 0 saturated heterocycles. The van der Waals surface area contributed by atoms with Crippen molar-refractivity contribution < 1.29 is 5.11 Å². The minimum atomic E-state index is -0.486. The average molecular weight is 216 g/mol. The van der Waals surface area contributed by atoms with Gasteiger partial charge in [0.1, 0.15) is 0 Å². The zero-order valence-electron chi connectivity index (χ0n) is 9.81. The maximum Gasteiger partial charge on any atom is 0.0782 e. The van der Waals surface area contributed by atoms with Gasteiger partial charge in [0.25, 0.3) is 0 Å². The number of hydrogen-bond acceptors (Lipinski definition) is 2. The second-order valence-corrected chi connectivity index (χ2v) is 4.07. The van der Waals surface area contributed by atoms with Gasteiger partial charge in [-0.3, -0.25) is 0 Å². The fourth-order valence-electron chi connectivity index (χ4n) is 1.91. The van der Waals surface area contributed by atoms with Crippen molar-refractivity contribution in [3.05, 3.63) is 47.3 Å². The molecule has 0 amide bonds. The van der Waals surface area contributed by atoms with E-state index >= 15 is 0 Å². The zero-order valence-corrected chi connectivity index (χ0v) is 9.81. The molecule has 2 aromatic rings. The number of hydrogen-bond donors (Lipinski definition) is 1. The van der Waals surface area contributed by atoms with Gasteiger partial charge in [-0.2, -0.15) is 5.10 Å². The summed E-state index contributed by atoms with van der Waals surface area (Å²) >= 11 is 0. The second kappa shape index (κ2) is 4.10. The van der Waals surface area contributed by atoms with Gasteiger partial charge in [0.15, 0.2) is 0 Å². The molecule has 0 bridgehead atoms. The quantitative estimate of drug-likeness (QED) is 0.837. The summed E-state index contributed by atoms with van der Waals surface area (Å²) < 4.78 is 1.87. The lowest BCUT2D eigenvalue weighted by atomic mass is 10.1. The van der Waals surface area contributed by atoms with E-state index in [2.05, 4.69) is 5.10 Å². The first-order valence-electron chi connectivity index (χ1n) is 5.40. The van der Waals surface area contributed by atoms with Crippen LogP contribution in [0.15, 0.2) is 30.3 Å². The van der Waals surface area contributed by atoms with Crippen molar-refractivity contribution in [3.8, 4) is 5.69 Å². The Balaban J connectivity index is 2.59. The van der Waals surface area contributed by atoms with Gasteiger partial charge in [-0.1, -0.05) is 18.2 Å². The Morgan fingerprint density at radius 3 is 2.50 bits per heavy atom. The molecular weight excluding hydrogens is 200 g/mol. The van der Waals surface area contributed by atoms with Crippen molar-refractivity contribution in [2.45, 2.75) is 26.9 Å². The van der Waals surface area contributed by atoms with Crippen LogP contribution in [0.4, 0.5) is 0 Å². The Bertz CT molecular complexity index is 500. The van der Waals surface area contributed by atoms with E-state index in [1.54, 1.807) is 6.92 Å². The van der Waals surface area contributed by atoms with Crippen LogP contribution in [0.3, 0.4) is 0 Å². The van der Waals surface area contributed by atoms with Crippen LogP contribution in [0.1, 0.15) is 30.0 Å². The first-order chi connectivity index (χ1) is 7.59. The number of rotatable bonds is 2. The van der Waals surface area contributed by atoms with Gasteiger partial charge in [-0.05, 0) is 32.9 Å². The zero-order chi connectivity index (χ0) is 11.7. The minimum Gasteiger partial charge on any atom is -0.389 e. The predicted molar refractivity (Wildman–Crippen MR) is 63.7 cm³/mol. The molecule has 0 aliphatic rings. The molecular formula is C13H16N2O. The molecule has 0 spiro atoms. The van der Waals surface area contributed by atoms with Crippen LogP contribution in [0.25, 0.3) is 5.69 Å². The van der Waals surface area contributed by atoms with Crippen LogP contribution >= 0.6 is 0 Å². The molecule has 0 radical (unpaired) electrons. The molecule has 1 N–H and O–H groups in total. The first-order valence-corrected chi connectivity index (χ1v) is 5.40. The van der Waals surface area contributed by atoms with Gasteiger partial charge in [-0.25, -0.2) is 4.68 Å². The van der Waals surface area contributed by atoms with E-state index in [4.69, 9.17) is 0 Å². The van der Waals surface area contributed by atoms with E-state index < -0.39 is 6.10 Å². The molecule has 0 fully saturated rings. The summed E-state index contributed by atoms with van der Waals surface area (Å²) in [6.07, 6.45) is -0.486. The van der Waals surface area contributed by atoms with Crippen LogP contribution in [0.5, 0.6) is 0 Å². The van der Waals surface area contributed by atoms with Crippen molar-refractivity contribution in [1.82, 2.24) is 9.78 Å². The molecule has 0 aliphatic carbocycles. The maximum absolute atomic E-state index is 9.72. The van der Waals surface area contributed by atoms with Gasteiger partial charge < -0.3 is 5.11 Å². The third-order valence-corrected chi connectivity index (χ3v) is 2.62. The molecule has 84 valence electrons. The summed E-state index contributed by atoms with van der Waals surface area (Å²) in [4.78, 5) is 0. The van der Waals surface area contributed by atoms with Gasteiger partial charge in [0.2, 0.25) is 0 Å².